The maximum absolute atomic E-state index is 12.5. The van der Waals surface area contributed by atoms with Crippen LogP contribution in [0.2, 0.25) is 0 Å². The number of rotatable bonds is 6. The minimum absolute atomic E-state index is 0.253. The highest BCUT2D eigenvalue weighted by atomic mass is 16.5. The van der Waals surface area contributed by atoms with E-state index in [4.69, 9.17) is 4.74 Å². The van der Waals surface area contributed by atoms with Crippen LogP contribution in [0.1, 0.15) is 23.1 Å². The number of hydrogen-bond acceptors (Lipinski definition) is 3. The Morgan fingerprint density at radius 3 is 2.42 bits per heavy atom. The zero-order chi connectivity index (χ0) is 18.4. The number of amides is 1. The van der Waals surface area contributed by atoms with Gasteiger partial charge in [0.1, 0.15) is 5.75 Å². The van der Waals surface area contributed by atoms with Crippen LogP contribution in [-0.2, 0) is 17.8 Å². The molecular weight excluding hydrogens is 324 g/mol. The number of nitrogens with zero attached hydrogens (tertiary/aromatic N) is 2. The van der Waals surface area contributed by atoms with Gasteiger partial charge in [0, 0.05) is 39.1 Å². The molecule has 0 spiro atoms. The molecule has 2 aromatic rings. The van der Waals surface area contributed by atoms with Gasteiger partial charge in [-0.05, 0) is 36.6 Å². The molecule has 0 saturated carbocycles. The monoisotopic (exact) mass is 352 g/mol. The zero-order valence-corrected chi connectivity index (χ0v) is 15.8. The standard InChI is InChI=1S/C22H28N2O2/c1-18-6-8-20(9-7-18)17-23-12-14-24(15-13-23)22(25)11-10-19-4-3-5-21(16-19)26-2/h3-9,16H,10-15,17H2,1-2H3. The first-order valence-electron chi connectivity index (χ1n) is 9.32. The van der Waals surface area contributed by atoms with Gasteiger partial charge in [-0.1, -0.05) is 42.0 Å². The molecule has 4 heteroatoms. The van der Waals surface area contributed by atoms with E-state index >= 15 is 0 Å². The van der Waals surface area contributed by atoms with Crippen LogP contribution in [0.3, 0.4) is 0 Å². The maximum Gasteiger partial charge on any atom is 0.222 e. The SMILES string of the molecule is COc1cccc(CCC(=O)N2CCN(Cc3ccc(C)cc3)CC2)c1. The Bertz CT molecular complexity index is 719. The number of carbonyl (C=O) groups excluding carboxylic acids is 1. The van der Waals surface area contributed by atoms with Crippen LogP contribution in [0, 0.1) is 6.92 Å². The predicted octanol–water partition coefficient (Wildman–Crippen LogP) is 3.28. The van der Waals surface area contributed by atoms with Gasteiger partial charge in [-0.3, -0.25) is 9.69 Å². The molecule has 138 valence electrons. The summed E-state index contributed by atoms with van der Waals surface area (Å²) in [7, 11) is 1.67. The first kappa shape index (κ1) is 18.5. The third-order valence-corrected chi connectivity index (χ3v) is 5.01. The number of ether oxygens (including phenoxy) is 1. The van der Waals surface area contributed by atoms with Crippen LogP contribution < -0.4 is 4.74 Å². The number of carbonyl (C=O) groups is 1. The summed E-state index contributed by atoms with van der Waals surface area (Å²) in [6, 6.07) is 16.7. The molecule has 0 bridgehead atoms. The molecule has 0 radical (unpaired) electrons. The summed E-state index contributed by atoms with van der Waals surface area (Å²) in [6.45, 7) is 6.61. The number of piperazine rings is 1. The number of aryl methyl sites for hydroxylation is 2. The summed E-state index contributed by atoms with van der Waals surface area (Å²) in [5.41, 5.74) is 3.78. The number of methoxy groups -OCH3 is 1. The van der Waals surface area contributed by atoms with Crippen LogP contribution in [0.5, 0.6) is 5.75 Å². The van der Waals surface area contributed by atoms with Gasteiger partial charge in [0.05, 0.1) is 7.11 Å². The second kappa shape index (κ2) is 8.86. The van der Waals surface area contributed by atoms with Crippen molar-refractivity contribution in [3.63, 3.8) is 0 Å². The highest BCUT2D eigenvalue weighted by Gasteiger charge is 2.20. The molecule has 1 fully saturated rings. The van der Waals surface area contributed by atoms with Crippen LogP contribution in [0.4, 0.5) is 0 Å². The summed E-state index contributed by atoms with van der Waals surface area (Å²) >= 11 is 0. The van der Waals surface area contributed by atoms with Gasteiger partial charge in [-0.2, -0.15) is 0 Å². The van der Waals surface area contributed by atoms with Crippen molar-refractivity contribution in [2.24, 2.45) is 0 Å². The molecule has 1 amide bonds. The van der Waals surface area contributed by atoms with E-state index < -0.39 is 0 Å². The average molecular weight is 352 g/mol. The lowest BCUT2D eigenvalue weighted by molar-refractivity contribution is -0.133. The molecule has 2 aromatic carbocycles. The number of hydrogen-bond donors (Lipinski definition) is 0. The van der Waals surface area contributed by atoms with Gasteiger partial charge < -0.3 is 9.64 Å². The second-order valence-corrected chi connectivity index (χ2v) is 6.99. The summed E-state index contributed by atoms with van der Waals surface area (Å²) in [4.78, 5) is 16.9. The Balaban J connectivity index is 1.43. The van der Waals surface area contributed by atoms with E-state index in [9.17, 15) is 4.79 Å². The van der Waals surface area contributed by atoms with Gasteiger partial charge >= 0.3 is 0 Å². The van der Waals surface area contributed by atoms with Crippen molar-refractivity contribution in [2.75, 3.05) is 33.3 Å². The smallest absolute Gasteiger partial charge is 0.222 e. The van der Waals surface area contributed by atoms with Gasteiger partial charge in [0.2, 0.25) is 5.91 Å². The fourth-order valence-electron chi connectivity index (χ4n) is 3.34. The molecule has 0 aromatic heterocycles. The predicted molar refractivity (Wildman–Crippen MR) is 104 cm³/mol. The zero-order valence-electron chi connectivity index (χ0n) is 15.8. The van der Waals surface area contributed by atoms with Gasteiger partial charge in [-0.25, -0.2) is 0 Å². The molecule has 0 atom stereocenters. The molecular formula is C22H28N2O2. The minimum Gasteiger partial charge on any atom is -0.497 e. The summed E-state index contributed by atoms with van der Waals surface area (Å²) in [5, 5.41) is 0. The maximum atomic E-state index is 12.5. The molecule has 0 unspecified atom stereocenters. The van der Waals surface area contributed by atoms with Crippen LogP contribution in [-0.4, -0.2) is 49.0 Å². The molecule has 3 rings (SSSR count). The molecule has 1 aliphatic heterocycles. The lowest BCUT2D eigenvalue weighted by atomic mass is 10.1. The Kier molecular flexibility index (Phi) is 6.29. The van der Waals surface area contributed by atoms with Gasteiger partial charge in [-0.15, -0.1) is 0 Å². The van der Waals surface area contributed by atoms with Crippen molar-refractivity contribution >= 4 is 5.91 Å². The molecule has 1 aliphatic rings. The van der Waals surface area contributed by atoms with E-state index in [1.165, 1.54) is 11.1 Å². The van der Waals surface area contributed by atoms with Crippen LogP contribution in [0.25, 0.3) is 0 Å². The van der Waals surface area contributed by atoms with E-state index in [1.807, 2.05) is 23.1 Å². The quantitative estimate of drug-likeness (QED) is 0.800. The second-order valence-electron chi connectivity index (χ2n) is 6.99. The van der Waals surface area contributed by atoms with Crippen molar-refractivity contribution in [2.45, 2.75) is 26.3 Å². The van der Waals surface area contributed by atoms with Crippen molar-refractivity contribution in [1.29, 1.82) is 0 Å². The summed E-state index contributed by atoms with van der Waals surface area (Å²) < 4.78 is 5.24. The van der Waals surface area contributed by atoms with E-state index in [-0.39, 0.29) is 5.91 Å². The van der Waals surface area contributed by atoms with Crippen molar-refractivity contribution in [3.8, 4) is 5.75 Å². The molecule has 1 saturated heterocycles. The minimum atomic E-state index is 0.253. The lowest BCUT2D eigenvalue weighted by Gasteiger charge is -2.35. The summed E-state index contributed by atoms with van der Waals surface area (Å²) in [5.74, 6) is 1.10. The van der Waals surface area contributed by atoms with E-state index in [1.54, 1.807) is 7.11 Å². The van der Waals surface area contributed by atoms with Crippen LogP contribution >= 0.6 is 0 Å². The first-order valence-corrected chi connectivity index (χ1v) is 9.32. The number of benzene rings is 2. The van der Waals surface area contributed by atoms with E-state index in [2.05, 4.69) is 42.2 Å². The van der Waals surface area contributed by atoms with Crippen molar-refractivity contribution in [1.82, 2.24) is 9.80 Å². The fraction of sp³-hybridized carbons (Fsp3) is 0.409. The molecule has 0 aliphatic carbocycles. The van der Waals surface area contributed by atoms with E-state index in [0.29, 0.717) is 6.42 Å². The Hall–Kier alpha value is -2.33. The molecule has 0 N–H and O–H groups in total. The van der Waals surface area contributed by atoms with E-state index in [0.717, 1.165) is 50.5 Å². The summed E-state index contributed by atoms with van der Waals surface area (Å²) in [6.07, 6.45) is 1.32. The van der Waals surface area contributed by atoms with Crippen molar-refractivity contribution < 1.29 is 9.53 Å². The van der Waals surface area contributed by atoms with Gasteiger partial charge in [0.15, 0.2) is 0 Å². The largest absolute Gasteiger partial charge is 0.497 e. The van der Waals surface area contributed by atoms with Crippen LogP contribution in [0.15, 0.2) is 48.5 Å². The molecule has 26 heavy (non-hydrogen) atoms. The highest BCUT2D eigenvalue weighted by Crippen LogP contribution is 2.15. The molecule has 4 nitrogen and oxygen atoms in total. The topological polar surface area (TPSA) is 32.8 Å². The Labute approximate surface area is 156 Å². The van der Waals surface area contributed by atoms with Gasteiger partial charge in [0.25, 0.3) is 0 Å². The van der Waals surface area contributed by atoms with Crippen molar-refractivity contribution in [3.05, 3.63) is 65.2 Å². The Morgan fingerprint density at radius 2 is 1.73 bits per heavy atom. The normalized spacial score (nSPS) is 15.1. The highest BCUT2D eigenvalue weighted by molar-refractivity contribution is 5.76. The fourth-order valence-corrected chi connectivity index (χ4v) is 3.34. The third kappa shape index (κ3) is 5.09. The molecule has 1 heterocycles. The third-order valence-electron chi connectivity index (χ3n) is 5.01. The lowest BCUT2D eigenvalue weighted by Crippen LogP contribution is -2.48. The average Bonchev–Trinajstić information content (AvgIpc) is 2.68. The Morgan fingerprint density at radius 1 is 1.00 bits per heavy atom. The first-order chi connectivity index (χ1) is 12.6.